The molecule has 0 bridgehead atoms. The number of rotatable bonds is 7. The fourth-order valence-electron chi connectivity index (χ4n) is 3.59. The number of aromatic amines is 1. The zero-order valence-electron chi connectivity index (χ0n) is 17.7. The van der Waals surface area contributed by atoms with Crippen molar-refractivity contribution in [1.29, 1.82) is 0 Å². The highest BCUT2D eigenvalue weighted by atomic mass is 19.1. The maximum Gasteiger partial charge on any atom is 0.254 e. The molecule has 0 atom stereocenters. The van der Waals surface area contributed by atoms with Gasteiger partial charge in [0.1, 0.15) is 24.2 Å². The Hall–Kier alpha value is -3.86. The Labute approximate surface area is 186 Å². The molecule has 1 fully saturated rings. The predicted octanol–water partition coefficient (Wildman–Crippen LogP) is 2.77. The van der Waals surface area contributed by atoms with E-state index in [0.717, 1.165) is 0 Å². The van der Waals surface area contributed by atoms with Gasteiger partial charge in [0.15, 0.2) is 11.6 Å². The number of halogens is 2. The molecule has 0 unspecified atom stereocenters. The standard InChI is InChI=1S/C22H20F2N6O3/c1-32-6-7-33-20-9-18-16(8-17(20)24)21(27-25-18)19-12-30(28-26-19)15-4-2-13(3-5-15)22(31)29-10-14(23)11-29/h2-5,8-9,12,14H,6-7,10-11H2,1H3,(H,25,27). The molecule has 1 aliphatic heterocycles. The lowest BCUT2D eigenvalue weighted by molar-refractivity contribution is 0.0400. The van der Waals surface area contributed by atoms with Gasteiger partial charge in [-0.3, -0.25) is 9.89 Å². The number of likely N-dealkylation sites (tertiary alicyclic amines) is 1. The fraction of sp³-hybridized carbons (Fsp3) is 0.273. The summed E-state index contributed by atoms with van der Waals surface area (Å²) in [6.07, 6.45) is 0.722. The van der Waals surface area contributed by atoms with Gasteiger partial charge in [-0.2, -0.15) is 5.10 Å². The lowest BCUT2D eigenvalue weighted by Gasteiger charge is -2.34. The highest BCUT2D eigenvalue weighted by Gasteiger charge is 2.30. The maximum atomic E-state index is 14.5. The van der Waals surface area contributed by atoms with Crippen molar-refractivity contribution in [2.45, 2.75) is 6.17 Å². The number of carbonyl (C=O) groups excluding carboxylic acids is 1. The number of alkyl halides is 1. The number of methoxy groups -OCH3 is 1. The Morgan fingerprint density at radius 2 is 2.00 bits per heavy atom. The summed E-state index contributed by atoms with van der Waals surface area (Å²) in [4.78, 5) is 13.8. The second-order valence-electron chi connectivity index (χ2n) is 7.64. The molecule has 1 amide bonds. The fourth-order valence-corrected chi connectivity index (χ4v) is 3.59. The molecule has 1 N–H and O–H groups in total. The number of fused-ring (bicyclic) bond motifs is 1. The number of ether oxygens (including phenoxy) is 2. The minimum Gasteiger partial charge on any atom is -0.488 e. The average molecular weight is 454 g/mol. The molecule has 3 heterocycles. The molecule has 11 heteroatoms. The van der Waals surface area contributed by atoms with Gasteiger partial charge in [0.2, 0.25) is 0 Å². The second kappa shape index (κ2) is 8.58. The number of aromatic nitrogens is 5. The molecule has 9 nitrogen and oxygen atoms in total. The van der Waals surface area contributed by atoms with Crippen molar-refractivity contribution >= 4 is 16.8 Å². The largest absolute Gasteiger partial charge is 0.488 e. The predicted molar refractivity (Wildman–Crippen MR) is 115 cm³/mol. The van der Waals surface area contributed by atoms with Crippen LogP contribution in [-0.2, 0) is 4.74 Å². The first-order valence-electron chi connectivity index (χ1n) is 10.3. The van der Waals surface area contributed by atoms with Crippen molar-refractivity contribution in [3.05, 3.63) is 54.0 Å². The van der Waals surface area contributed by atoms with E-state index in [1.165, 1.54) is 15.6 Å². The van der Waals surface area contributed by atoms with Crippen LogP contribution in [0, 0.1) is 5.82 Å². The van der Waals surface area contributed by atoms with Gasteiger partial charge in [0, 0.05) is 24.1 Å². The van der Waals surface area contributed by atoms with E-state index in [4.69, 9.17) is 9.47 Å². The first kappa shape index (κ1) is 21.0. The van der Waals surface area contributed by atoms with E-state index in [2.05, 4.69) is 20.5 Å². The minimum atomic E-state index is -0.942. The van der Waals surface area contributed by atoms with Crippen molar-refractivity contribution < 1.29 is 23.0 Å². The average Bonchev–Trinajstić information content (AvgIpc) is 3.44. The van der Waals surface area contributed by atoms with Gasteiger partial charge in [-0.05, 0) is 30.3 Å². The molecule has 1 saturated heterocycles. The van der Waals surface area contributed by atoms with Gasteiger partial charge < -0.3 is 14.4 Å². The van der Waals surface area contributed by atoms with Crippen LogP contribution in [0.3, 0.4) is 0 Å². The number of benzene rings is 2. The number of amides is 1. The second-order valence-corrected chi connectivity index (χ2v) is 7.64. The third kappa shape index (κ3) is 4.02. The smallest absolute Gasteiger partial charge is 0.254 e. The van der Waals surface area contributed by atoms with Crippen LogP contribution in [0.1, 0.15) is 10.4 Å². The Morgan fingerprint density at radius 1 is 1.21 bits per heavy atom. The lowest BCUT2D eigenvalue weighted by Crippen LogP contribution is -2.51. The van der Waals surface area contributed by atoms with E-state index >= 15 is 0 Å². The summed E-state index contributed by atoms with van der Waals surface area (Å²) in [6, 6.07) is 9.66. The van der Waals surface area contributed by atoms with E-state index in [1.54, 1.807) is 43.6 Å². The van der Waals surface area contributed by atoms with Crippen LogP contribution in [0.15, 0.2) is 42.6 Å². The molecule has 0 radical (unpaired) electrons. The first-order chi connectivity index (χ1) is 16.0. The van der Waals surface area contributed by atoms with Gasteiger partial charge in [0.25, 0.3) is 5.91 Å². The number of nitrogens with zero attached hydrogens (tertiary/aromatic N) is 5. The summed E-state index contributed by atoms with van der Waals surface area (Å²) >= 11 is 0. The first-order valence-corrected chi connectivity index (χ1v) is 10.3. The van der Waals surface area contributed by atoms with Gasteiger partial charge >= 0.3 is 0 Å². The Bertz CT molecular complexity index is 1300. The minimum absolute atomic E-state index is 0.105. The van der Waals surface area contributed by atoms with Gasteiger partial charge in [-0.15, -0.1) is 5.10 Å². The van der Waals surface area contributed by atoms with Crippen LogP contribution in [0.4, 0.5) is 8.78 Å². The molecule has 170 valence electrons. The summed E-state index contributed by atoms with van der Waals surface area (Å²) in [5, 5.41) is 15.9. The zero-order valence-corrected chi connectivity index (χ0v) is 17.7. The highest BCUT2D eigenvalue weighted by molar-refractivity contribution is 5.95. The van der Waals surface area contributed by atoms with E-state index in [0.29, 0.717) is 40.1 Å². The third-order valence-electron chi connectivity index (χ3n) is 5.40. The van der Waals surface area contributed by atoms with Crippen LogP contribution in [0.25, 0.3) is 28.0 Å². The quantitative estimate of drug-likeness (QED) is 0.431. The van der Waals surface area contributed by atoms with Crippen LogP contribution in [0.2, 0.25) is 0 Å². The normalized spacial score (nSPS) is 14.0. The number of nitrogens with one attached hydrogen (secondary N) is 1. The van der Waals surface area contributed by atoms with Crippen molar-refractivity contribution in [3.63, 3.8) is 0 Å². The molecule has 0 aliphatic carbocycles. The zero-order chi connectivity index (χ0) is 22.9. The number of hydrogen-bond donors (Lipinski definition) is 1. The summed E-state index contributed by atoms with van der Waals surface area (Å²) in [5.41, 5.74) is 2.64. The molecule has 4 aromatic rings. The topological polar surface area (TPSA) is 98.2 Å². The van der Waals surface area contributed by atoms with Crippen molar-refractivity contribution in [2.24, 2.45) is 0 Å². The molecule has 5 rings (SSSR count). The SMILES string of the molecule is COCCOc1cc2[nH]nc(-c3cn(-c4ccc(C(=O)N5CC(F)C5)cc4)nn3)c2cc1F. The molecule has 0 saturated carbocycles. The summed E-state index contributed by atoms with van der Waals surface area (Å²) in [6.45, 7) is 0.839. The maximum absolute atomic E-state index is 14.5. The van der Waals surface area contributed by atoms with Crippen LogP contribution >= 0.6 is 0 Å². The molecule has 1 aliphatic rings. The van der Waals surface area contributed by atoms with Crippen molar-refractivity contribution in [3.8, 4) is 22.8 Å². The molecule has 33 heavy (non-hydrogen) atoms. The Kier molecular flexibility index (Phi) is 5.47. The highest BCUT2D eigenvalue weighted by Crippen LogP contribution is 2.30. The van der Waals surface area contributed by atoms with E-state index < -0.39 is 12.0 Å². The van der Waals surface area contributed by atoms with E-state index in [9.17, 15) is 13.6 Å². The molecule has 2 aromatic carbocycles. The lowest BCUT2D eigenvalue weighted by atomic mass is 10.1. The van der Waals surface area contributed by atoms with E-state index in [1.807, 2.05) is 0 Å². The van der Waals surface area contributed by atoms with Crippen LogP contribution in [-0.4, -0.2) is 75.6 Å². The van der Waals surface area contributed by atoms with Crippen molar-refractivity contribution in [1.82, 2.24) is 30.1 Å². The van der Waals surface area contributed by atoms with Gasteiger partial charge in [-0.25, -0.2) is 13.5 Å². The van der Waals surface area contributed by atoms with Gasteiger partial charge in [0.05, 0.1) is 37.1 Å². The summed E-state index contributed by atoms with van der Waals surface area (Å²) < 4.78 is 39.3. The van der Waals surface area contributed by atoms with E-state index in [-0.39, 0.29) is 31.4 Å². The Morgan fingerprint density at radius 3 is 2.73 bits per heavy atom. The summed E-state index contributed by atoms with van der Waals surface area (Å²) in [5.74, 6) is -0.617. The molecular weight excluding hydrogens is 434 g/mol. The number of hydrogen-bond acceptors (Lipinski definition) is 6. The van der Waals surface area contributed by atoms with Crippen LogP contribution < -0.4 is 4.74 Å². The monoisotopic (exact) mass is 454 g/mol. The Balaban J connectivity index is 1.36. The number of carbonyl (C=O) groups is 1. The summed E-state index contributed by atoms with van der Waals surface area (Å²) in [7, 11) is 1.54. The molecular formula is C22H20F2N6O3. The number of H-pyrrole nitrogens is 1. The van der Waals surface area contributed by atoms with Crippen molar-refractivity contribution in [2.75, 3.05) is 33.4 Å². The molecule has 2 aromatic heterocycles. The third-order valence-corrected chi connectivity index (χ3v) is 5.40. The van der Waals surface area contributed by atoms with Crippen LogP contribution in [0.5, 0.6) is 5.75 Å². The molecule has 0 spiro atoms. The van der Waals surface area contributed by atoms with Gasteiger partial charge in [-0.1, -0.05) is 5.21 Å².